The topological polar surface area (TPSA) is 92.8 Å². The molecule has 1 heterocycles. The van der Waals surface area contributed by atoms with Crippen LogP contribution in [-0.2, 0) is 15.6 Å². The second kappa shape index (κ2) is 12.5. The van der Waals surface area contributed by atoms with E-state index < -0.39 is 17.9 Å². The van der Waals surface area contributed by atoms with E-state index in [1.807, 2.05) is 13.0 Å². The maximum Gasteiger partial charge on any atom is 0.265 e. The molecule has 7 heteroatoms. The molecule has 0 spiro atoms. The Bertz CT molecular complexity index is 1500. The number of carbonyl (C=O) groups excluding carboxylic acids is 4. The molecule has 0 aromatic heterocycles. The van der Waals surface area contributed by atoms with Crippen LogP contribution in [0, 0.1) is 0 Å². The van der Waals surface area contributed by atoms with Gasteiger partial charge in [0.1, 0.15) is 5.75 Å². The lowest BCUT2D eigenvalue weighted by Gasteiger charge is -2.31. The zero-order chi connectivity index (χ0) is 31.5. The number of amides is 3. The Labute approximate surface area is 254 Å². The van der Waals surface area contributed by atoms with Crippen LogP contribution in [-0.4, -0.2) is 41.1 Å². The van der Waals surface area contributed by atoms with Gasteiger partial charge in [-0.1, -0.05) is 72.7 Å². The molecule has 226 valence electrons. The van der Waals surface area contributed by atoms with Gasteiger partial charge in [0.25, 0.3) is 17.7 Å². The number of ether oxygens (including phenoxy) is 1. The first-order chi connectivity index (χ1) is 20.3. The lowest BCUT2D eigenvalue weighted by molar-refractivity contribution is -0.122. The fraction of sp³-hybridized carbons (Fsp3) is 0.389. The minimum atomic E-state index is -0.716. The van der Waals surface area contributed by atoms with E-state index in [2.05, 4.69) is 59.0 Å². The van der Waals surface area contributed by atoms with E-state index in [4.69, 9.17) is 4.74 Å². The average Bonchev–Trinajstić information content (AvgIpc) is 3.24. The molecule has 1 aliphatic heterocycles. The van der Waals surface area contributed by atoms with Gasteiger partial charge in [-0.05, 0) is 78.1 Å². The summed E-state index contributed by atoms with van der Waals surface area (Å²) in [4.78, 5) is 52.5. The molecule has 0 bridgehead atoms. The predicted molar refractivity (Wildman–Crippen MR) is 169 cm³/mol. The Morgan fingerprint density at radius 3 is 1.93 bits per heavy atom. The Kier molecular flexibility index (Phi) is 9.24. The van der Waals surface area contributed by atoms with Crippen molar-refractivity contribution < 1.29 is 23.9 Å². The van der Waals surface area contributed by atoms with Gasteiger partial charge in [0, 0.05) is 16.8 Å². The lowest BCUT2D eigenvalue weighted by Crippen LogP contribution is -2.35. The summed E-state index contributed by atoms with van der Waals surface area (Å²) in [5, 5.41) is 2.90. The van der Waals surface area contributed by atoms with Gasteiger partial charge in [-0.2, -0.15) is 0 Å². The van der Waals surface area contributed by atoms with Crippen molar-refractivity contribution in [3.8, 4) is 5.75 Å². The summed E-state index contributed by atoms with van der Waals surface area (Å²) in [6.07, 6.45) is 1.68. The first kappa shape index (κ1) is 31.7. The molecule has 43 heavy (non-hydrogen) atoms. The molecule has 4 rings (SSSR count). The van der Waals surface area contributed by atoms with Gasteiger partial charge < -0.3 is 10.1 Å². The molecule has 1 atom stereocenters. The highest BCUT2D eigenvalue weighted by Crippen LogP contribution is 2.39. The molecule has 3 amide bonds. The van der Waals surface area contributed by atoms with E-state index in [0.717, 1.165) is 23.3 Å². The van der Waals surface area contributed by atoms with Crippen molar-refractivity contribution >= 4 is 29.2 Å². The van der Waals surface area contributed by atoms with Crippen molar-refractivity contribution in [2.75, 3.05) is 11.9 Å². The molecular formula is C36H42N2O5. The summed E-state index contributed by atoms with van der Waals surface area (Å²) in [6.45, 7) is 14.7. The fourth-order valence-corrected chi connectivity index (χ4v) is 5.03. The second-order valence-electron chi connectivity index (χ2n) is 12.4. The van der Waals surface area contributed by atoms with E-state index in [-0.39, 0.29) is 29.1 Å². The van der Waals surface area contributed by atoms with Crippen LogP contribution < -0.4 is 10.1 Å². The highest BCUT2D eigenvalue weighted by atomic mass is 16.5. The van der Waals surface area contributed by atoms with Crippen molar-refractivity contribution in [2.24, 2.45) is 0 Å². The molecule has 0 fully saturated rings. The smallest absolute Gasteiger partial charge is 0.265 e. The van der Waals surface area contributed by atoms with Gasteiger partial charge in [0.15, 0.2) is 11.9 Å². The first-order valence-electron chi connectivity index (χ1n) is 15.0. The molecule has 3 aromatic rings. The van der Waals surface area contributed by atoms with E-state index in [1.54, 1.807) is 48.5 Å². The SMILES string of the molecule is CCC(Oc1ccc(C(C)(C)CC)cc1C(C)(C)CC)C(=O)Nc1ccc(C(=O)CN2C(=O)c3ccccc3C2=O)cc1. The minimum absolute atomic E-state index is 0.0245. The van der Waals surface area contributed by atoms with Crippen LogP contribution in [0.25, 0.3) is 0 Å². The number of hydrogen-bond acceptors (Lipinski definition) is 5. The van der Waals surface area contributed by atoms with E-state index in [9.17, 15) is 19.2 Å². The molecule has 0 radical (unpaired) electrons. The van der Waals surface area contributed by atoms with Crippen molar-refractivity contribution in [1.29, 1.82) is 0 Å². The number of hydrogen-bond donors (Lipinski definition) is 1. The van der Waals surface area contributed by atoms with Gasteiger partial charge in [0.05, 0.1) is 17.7 Å². The Hall–Kier alpha value is -4.26. The maximum atomic E-state index is 13.3. The number of rotatable bonds is 12. The average molecular weight is 583 g/mol. The molecular weight excluding hydrogens is 540 g/mol. The number of benzene rings is 3. The summed E-state index contributed by atoms with van der Waals surface area (Å²) in [7, 11) is 0. The number of nitrogens with one attached hydrogen (secondary N) is 1. The summed E-state index contributed by atoms with van der Waals surface area (Å²) >= 11 is 0. The molecule has 0 saturated heterocycles. The van der Waals surface area contributed by atoms with E-state index in [0.29, 0.717) is 34.5 Å². The quantitative estimate of drug-likeness (QED) is 0.178. The first-order valence-corrected chi connectivity index (χ1v) is 15.0. The highest BCUT2D eigenvalue weighted by Gasteiger charge is 2.36. The van der Waals surface area contributed by atoms with Crippen molar-refractivity contribution in [3.63, 3.8) is 0 Å². The van der Waals surface area contributed by atoms with Gasteiger partial charge in [-0.3, -0.25) is 24.1 Å². The number of imide groups is 1. The monoisotopic (exact) mass is 582 g/mol. The van der Waals surface area contributed by atoms with Gasteiger partial charge in [-0.15, -0.1) is 0 Å². The number of Topliss-reactive ketones (excluding diaryl/α,β-unsaturated/α-hetero) is 1. The second-order valence-corrected chi connectivity index (χ2v) is 12.4. The van der Waals surface area contributed by atoms with Crippen LogP contribution in [0.5, 0.6) is 5.75 Å². The molecule has 1 N–H and O–H groups in total. The van der Waals surface area contributed by atoms with Crippen molar-refractivity contribution in [1.82, 2.24) is 4.90 Å². The molecule has 1 aliphatic rings. The Morgan fingerprint density at radius 1 is 0.814 bits per heavy atom. The number of nitrogens with zero attached hydrogens (tertiary/aromatic N) is 1. The van der Waals surface area contributed by atoms with E-state index in [1.165, 1.54) is 5.56 Å². The summed E-state index contributed by atoms with van der Waals surface area (Å²) in [5.74, 6) is -0.900. The maximum absolute atomic E-state index is 13.3. The zero-order valence-corrected chi connectivity index (χ0v) is 26.2. The molecule has 7 nitrogen and oxygen atoms in total. The largest absolute Gasteiger partial charge is 0.480 e. The number of carbonyl (C=O) groups is 4. The van der Waals surface area contributed by atoms with Gasteiger partial charge in [-0.25, -0.2) is 0 Å². The normalized spacial score (nSPS) is 14.0. The number of anilines is 1. The summed E-state index contributed by atoms with van der Waals surface area (Å²) < 4.78 is 6.37. The summed E-state index contributed by atoms with van der Waals surface area (Å²) in [5.41, 5.74) is 3.67. The zero-order valence-electron chi connectivity index (χ0n) is 26.2. The number of fused-ring (bicyclic) bond motifs is 1. The molecule has 0 aliphatic carbocycles. The molecule has 0 saturated carbocycles. The number of ketones is 1. The predicted octanol–water partition coefficient (Wildman–Crippen LogP) is 7.34. The minimum Gasteiger partial charge on any atom is -0.480 e. The molecule has 1 unspecified atom stereocenters. The van der Waals surface area contributed by atoms with Gasteiger partial charge >= 0.3 is 0 Å². The Morgan fingerprint density at radius 2 is 1.40 bits per heavy atom. The van der Waals surface area contributed by atoms with Crippen molar-refractivity contribution in [3.05, 3.63) is 94.5 Å². The van der Waals surface area contributed by atoms with Crippen LogP contribution in [0.2, 0.25) is 0 Å². The van der Waals surface area contributed by atoms with Crippen LogP contribution >= 0.6 is 0 Å². The van der Waals surface area contributed by atoms with Crippen LogP contribution in [0.15, 0.2) is 66.7 Å². The van der Waals surface area contributed by atoms with Gasteiger partial charge in [0.2, 0.25) is 0 Å². The third kappa shape index (κ3) is 6.56. The fourth-order valence-electron chi connectivity index (χ4n) is 5.03. The van der Waals surface area contributed by atoms with Crippen molar-refractivity contribution in [2.45, 2.75) is 84.7 Å². The molecule has 3 aromatic carbocycles. The Balaban J connectivity index is 1.45. The highest BCUT2D eigenvalue weighted by molar-refractivity contribution is 6.23. The third-order valence-electron chi connectivity index (χ3n) is 8.84. The lowest BCUT2D eigenvalue weighted by atomic mass is 9.76. The van der Waals surface area contributed by atoms with E-state index >= 15 is 0 Å². The third-order valence-corrected chi connectivity index (χ3v) is 8.84. The van der Waals surface area contributed by atoms with Crippen LogP contribution in [0.4, 0.5) is 5.69 Å². The standard InChI is InChI=1S/C36H42N2O5/c1-8-30(43-31-20-17-24(35(4,5)9-2)21-28(31)36(6,7)10-3)32(40)37-25-18-15-23(16-19-25)29(39)22-38-33(41)26-13-11-12-14-27(26)34(38)42/h11-21,30H,8-10,22H2,1-7H3,(H,37,40). The van der Waals surface area contributed by atoms with Crippen LogP contribution in [0.1, 0.15) is 110 Å². The summed E-state index contributed by atoms with van der Waals surface area (Å²) in [6, 6.07) is 19.3. The van der Waals surface area contributed by atoms with Crippen LogP contribution in [0.3, 0.4) is 0 Å².